The molecule has 3 saturated heterocycles. The van der Waals surface area contributed by atoms with Crippen molar-refractivity contribution in [2.45, 2.75) is 58.0 Å². The van der Waals surface area contributed by atoms with Crippen LogP contribution in [0.25, 0.3) is 0 Å². The molecule has 26 heavy (non-hydrogen) atoms. The molecule has 1 aromatic rings. The first-order chi connectivity index (χ1) is 12.7. The Labute approximate surface area is 161 Å². The number of thiazole rings is 1. The predicted molar refractivity (Wildman–Crippen MR) is 105 cm³/mol. The molecule has 4 rings (SSSR count). The summed E-state index contributed by atoms with van der Waals surface area (Å²) in [6, 6.07) is 0.665. The number of hydrogen-bond donors (Lipinski definition) is 0. The van der Waals surface area contributed by atoms with Crippen molar-refractivity contribution < 1.29 is 4.79 Å². The Morgan fingerprint density at radius 2 is 1.88 bits per heavy atom. The van der Waals surface area contributed by atoms with Gasteiger partial charge in [-0.1, -0.05) is 0 Å². The molecule has 0 aromatic carbocycles. The lowest BCUT2D eigenvalue weighted by atomic mass is 9.93. The molecule has 0 spiro atoms. The molecule has 0 N–H and O–H groups in total. The number of piperidine rings is 2. The molecule has 0 aliphatic carbocycles. The Bertz CT molecular complexity index is 605. The van der Waals surface area contributed by atoms with Crippen molar-refractivity contribution >= 4 is 17.2 Å². The van der Waals surface area contributed by atoms with E-state index >= 15 is 0 Å². The van der Waals surface area contributed by atoms with Gasteiger partial charge in [0.15, 0.2) is 0 Å². The monoisotopic (exact) mass is 376 g/mol. The number of rotatable bonds is 4. The third kappa shape index (κ3) is 4.29. The molecule has 1 atom stereocenters. The van der Waals surface area contributed by atoms with Crippen LogP contribution < -0.4 is 0 Å². The van der Waals surface area contributed by atoms with E-state index in [1.54, 1.807) is 11.3 Å². The smallest absolute Gasteiger partial charge is 0.226 e. The van der Waals surface area contributed by atoms with Gasteiger partial charge in [0.2, 0.25) is 5.91 Å². The molecule has 4 heterocycles. The van der Waals surface area contributed by atoms with E-state index in [-0.39, 0.29) is 5.92 Å². The van der Waals surface area contributed by atoms with Crippen LogP contribution in [0.3, 0.4) is 0 Å². The van der Waals surface area contributed by atoms with Crippen molar-refractivity contribution in [1.29, 1.82) is 0 Å². The van der Waals surface area contributed by atoms with Crippen LogP contribution in [0, 0.1) is 12.8 Å². The molecule has 3 fully saturated rings. The fraction of sp³-hybridized carbons (Fsp3) is 0.800. The minimum absolute atomic E-state index is 0.248. The normalized spacial score (nSPS) is 26.5. The van der Waals surface area contributed by atoms with E-state index in [4.69, 9.17) is 0 Å². The van der Waals surface area contributed by atoms with Crippen molar-refractivity contribution in [3.63, 3.8) is 0 Å². The molecule has 0 saturated carbocycles. The fourth-order valence-corrected chi connectivity index (χ4v) is 5.66. The van der Waals surface area contributed by atoms with Crippen LogP contribution in [0.4, 0.5) is 0 Å². The lowest BCUT2D eigenvalue weighted by Gasteiger charge is -2.42. The van der Waals surface area contributed by atoms with Gasteiger partial charge in [-0.25, -0.2) is 4.98 Å². The predicted octanol–water partition coefficient (Wildman–Crippen LogP) is 2.75. The van der Waals surface area contributed by atoms with Crippen molar-refractivity contribution in [1.82, 2.24) is 19.7 Å². The van der Waals surface area contributed by atoms with Gasteiger partial charge in [-0.2, -0.15) is 0 Å². The second-order valence-corrected chi connectivity index (χ2v) is 9.20. The maximum atomic E-state index is 12.8. The summed E-state index contributed by atoms with van der Waals surface area (Å²) in [6.45, 7) is 9.54. The van der Waals surface area contributed by atoms with Gasteiger partial charge < -0.3 is 4.90 Å². The summed E-state index contributed by atoms with van der Waals surface area (Å²) in [5.41, 5.74) is 1.14. The number of aryl methyl sites for hydroxylation is 1. The lowest BCUT2D eigenvalue weighted by molar-refractivity contribution is -0.136. The highest BCUT2D eigenvalue weighted by molar-refractivity contribution is 7.09. The molecular formula is C20H32N4OS. The van der Waals surface area contributed by atoms with Gasteiger partial charge in [0.05, 0.1) is 12.5 Å². The molecule has 1 amide bonds. The Morgan fingerprint density at radius 1 is 1.12 bits per heavy atom. The van der Waals surface area contributed by atoms with Crippen molar-refractivity contribution in [3.05, 3.63) is 16.1 Å². The number of amides is 1. The highest BCUT2D eigenvalue weighted by atomic mass is 32.1. The Morgan fingerprint density at radius 3 is 2.58 bits per heavy atom. The summed E-state index contributed by atoms with van der Waals surface area (Å²) >= 11 is 1.78. The standard InChI is InChI=1S/C20H32N4OS/c1-16-15-26-19(21-16)14-22-11-6-18(7-12-22)24-10-4-5-17(13-24)20(25)23-8-2-3-9-23/h15,17-18H,2-14H2,1H3/t17-/m1/s1. The molecule has 144 valence electrons. The summed E-state index contributed by atoms with van der Waals surface area (Å²) in [7, 11) is 0. The topological polar surface area (TPSA) is 39.7 Å². The zero-order chi connectivity index (χ0) is 17.9. The third-order valence-electron chi connectivity index (χ3n) is 6.32. The van der Waals surface area contributed by atoms with Gasteiger partial charge in [0, 0.05) is 49.8 Å². The number of carbonyl (C=O) groups excluding carboxylic acids is 1. The number of hydrogen-bond acceptors (Lipinski definition) is 5. The molecule has 6 heteroatoms. The van der Waals surface area contributed by atoms with Gasteiger partial charge in [-0.3, -0.25) is 14.6 Å². The zero-order valence-electron chi connectivity index (χ0n) is 16.0. The van der Waals surface area contributed by atoms with E-state index < -0.39 is 0 Å². The third-order valence-corrected chi connectivity index (χ3v) is 7.27. The van der Waals surface area contributed by atoms with Crippen molar-refractivity contribution in [3.8, 4) is 0 Å². The van der Waals surface area contributed by atoms with E-state index in [1.165, 1.54) is 43.7 Å². The number of likely N-dealkylation sites (tertiary alicyclic amines) is 3. The van der Waals surface area contributed by atoms with E-state index in [9.17, 15) is 4.79 Å². The first-order valence-corrected chi connectivity index (χ1v) is 11.2. The second kappa shape index (κ2) is 8.36. The number of nitrogens with zero attached hydrogens (tertiary/aromatic N) is 4. The second-order valence-electron chi connectivity index (χ2n) is 8.26. The quantitative estimate of drug-likeness (QED) is 0.810. The Kier molecular flexibility index (Phi) is 5.91. The van der Waals surface area contributed by atoms with Crippen molar-refractivity contribution in [2.24, 2.45) is 5.92 Å². The average Bonchev–Trinajstić information content (AvgIpc) is 3.34. The highest BCUT2D eigenvalue weighted by Gasteiger charge is 2.34. The summed E-state index contributed by atoms with van der Waals surface area (Å²) in [4.78, 5) is 24.7. The molecular weight excluding hydrogens is 344 g/mol. The molecule has 5 nitrogen and oxygen atoms in total. The number of carbonyl (C=O) groups is 1. The zero-order valence-corrected chi connectivity index (χ0v) is 16.8. The van der Waals surface area contributed by atoms with E-state index in [0.29, 0.717) is 11.9 Å². The van der Waals surface area contributed by atoms with Gasteiger partial charge in [-0.05, 0) is 52.0 Å². The summed E-state index contributed by atoms with van der Waals surface area (Å²) < 4.78 is 0. The van der Waals surface area contributed by atoms with Crippen LogP contribution in [0.2, 0.25) is 0 Å². The first-order valence-electron chi connectivity index (χ1n) is 10.4. The van der Waals surface area contributed by atoms with E-state index in [1.807, 2.05) is 0 Å². The highest BCUT2D eigenvalue weighted by Crippen LogP contribution is 2.26. The maximum Gasteiger partial charge on any atom is 0.226 e. The van der Waals surface area contributed by atoms with Crippen LogP contribution in [0.1, 0.15) is 49.2 Å². The van der Waals surface area contributed by atoms with Crippen LogP contribution in [-0.2, 0) is 11.3 Å². The summed E-state index contributed by atoms with van der Waals surface area (Å²) in [5, 5.41) is 3.39. The van der Waals surface area contributed by atoms with Crippen molar-refractivity contribution in [2.75, 3.05) is 39.3 Å². The van der Waals surface area contributed by atoms with Gasteiger partial charge in [0.25, 0.3) is 0 Å². The first kappa shape index (κ1) is 18.4. The van der Waals surface area contributed by atoms with Gasteiger partial charge in [-0.15, -0.1) is 11.3 Å². The average molecular weight is 377 g/mol. The largest absolute Gasteiger partial charge is 0.342 e. The lowest BCUT2D eigenvalue weighted by Crippen LogP contribution is -2.51. The summed E-state index contributed by atoms with van der Waals surface area (Å²) in [5.74, 6) is 0.682. The summed E-state index contributed by atoms with van der Waals surface area (Å²) in [6.07, 6.45) is 7.12. The molecule has 3 aliphatic heterocycles. The van der Waals surface area contributed by atoms with Gasteiger partial charge in [0.1, 0.15) is 5.01 Å². The molecule has 3 aliphatic rings. The van der Waals surface area contributed by atoms with Crippen LogP contribution in [0.5, 0.6) is 0 Å². The van der Waals surface area contributed by atoms with Crippen LogP contribution >= 0.6 is 11.3 Å². The minimum Gasteiger partial charge on any atom is -0.342 e. The van der Waals surface area contributed by atoms with E-state index in [2.05, 4.69) is 32.0 Å². The molecule has 0 radical (unpaired) electrons. The Hall–Kier alpha value is -0.980. The molecule has 0 unspecified atom stereocenters. The van der Waals surface area contributed by atoms with E-state index in [0.717, 1.165) is 51.4 Å². The van der Waals surface area contributed by atoms with Gasteiger partial charge >= 0.3 is 0 Å². The molecule has 0 bridgehead atoms. The fourth-order valence-electron chi connectivity index (χ4n) is 4.84. The van der Waals surface area contributed by atoms with Crippen LogP contribution in [0.15, 0.2) is 5.38 Å². The molecule has 1 aromatic heterocycles. The maximum absolute atomic E-state index is 12.8. The minimum atomic E-state index is 0.248. The number of aromatic nitrogens is 1. The Balaban J connectivity index is 1.26. The SMILES string of the molecule is Cc1csc(CN2CCC(N3CCC[C@@H](C(=O)N4CCCC4)C3)CC2)n1. The van der Waals surface area contributed by atoms with Crippen LogP contribution in [-0.4, -0.2) is 70.9 Å².